The smallest absolute Gasteiger partial charge is 0.335 e. The summed E-state index contributed by atoms with van der Waals surface area (Å²) in [5.74, 6) is -0.312. The molecule has 0 aliphatic rings. The third-order valence-electron chi connectivity index (χ3n) is 2.88. The number of nitrogens with zero attached hydrogens (tertiary/aromatic N) is 5. The van der Waals surface area contributed by atoms with Crippen LogP contribution < -0.4 is 0 Å². The number of carboxylic acid groups (broad SMARTS) is 1. The van der Waals surface area contributed by atoms with Gasteiger partial charge in [-0.1, -0.05) is 0 Å². The summed E-state index contributed by atoms with van der Waals surface area (Å²) in [5.41, 5.74) is 1.22. The lowest BCUT2D eigenvalue weighted by molar-refractivity contribution is 0.0697. The van der Waals surface area contributed by atoms with Crippen molar-refractivity contribution < 1.29 is 9.90 Å². The van der Waals surface area contributed by atoms with Gasteiger partial charge in [-0.15, -0.1) is 10.2 Å². The second-order valence-electron chi connectivity index (χ2n) is 4.22. The van der Waals surface area contributed by atoms with Gasteiger partial charge in [-0.25, -0.2) is 4.79 Å². The average molecular weight is 257 g/mol. The van der Waals surface area contributed by atoms with Crippen LogP contribution in [0.25, 0.3) is 10.9 Å². The van der Waals surface area contributed by atoms with E-state index in [0.29, 0.717) is 12.4 Å². The average Bonchev–Trinajstić information content (AvgIpc) is 2.96. The summed E-state index contributed by atoms with van der Waals surface area (Å²) in [7, 11) is 1.71. The second-order valence-corrected chi connectivity index (χ2v) is 4.22. The summed E-state index contributed by atoms with van der Waals surface area (Å²) in [5, 5.41) is 21.7. The van der Waals surface area contributed by atoms with E-state index in [-0.39, 0.29) is 5.56 Å². The zero-order valence-electron chi connectivity index (χ0n) is 10.2. The molecule has 7 heteroatoms. The van der Waals surface area contributed by atoms with Crippen LogP contribution in [0.2, 0.25) is 0 Å². The predicted molar refractivity (Wildman–Crippen MR) is 66.8 cm³/mol. The van der Waals surface area contributed by atoms with Crippen molar-refractivity contribution in [2.24, 2.45) is 7.05 Å². The summed E-state index contributed by atoms with van der Waals surface area (Å²) >= 11 is 0. The maximum atomic E-state index is 10.9. The maximum absolute atomic E-state index is 10.9. The molecule has 0 aliphatic carbocycles. The lowest BCUT2D eigenvalue weighted by Crippen LogP contribution is -2.01. The zero-order valence-corrected chi connectivity index (χ0v) is 10.2. The Morgan fingerprint density at radius 3 is 2.89 bits per heavy atom. The van der Waals surface area contributed by atoms with Crippen LogP contribution in [0, 0.1) is 0 Å². The van der Waals surface area contributed by atoms with Crippen molar-refractivity contribution >= 4 is 16.9 Å². The topological polar surface area (TPSA) is 85.8 Å². The molecule has 3 rings (SSSR count). The highest BCUT2D eigenvalue weighted by Crippen LogP contribution is 2.18. The Balaban J connectivity index is 1.99. The molecule has 0 atom stereocenters. The zero-order chi connectivity index (χ0) is 13.4. The molecule has 0 bridgehead atoms. The molecule has 96 valence electrons. The molecular formula is C12H11N5O2. The molecule has 0 spiro atoms. The van der Waals surface area contributed by atoms with Crippen molar-refractivity contribution in [3.63, 3.8) is 0 Å². The first-order valence-corrected chi connectivity index (χ1v) is 5.68. The van der Waals surface area contributed by atoms with Gasteiger partial charge in [0.1, 0.15) is 0 Å². The summed E-state index contributed by atoms with van der Waals surface area (Å²) in [4.78, 5) is 12.3. The largest absolute Gasteiger partial charge is 0.478 e. The van der Waals surface area contributed by atoms with Gasteiger partial charge in [0.05, 0.1) is 19.2 Å². The van der Waals surface area contributed by atoms with Crippen molar-refractivity contribution in [2.45, 2.75) is 6.54 Å². The Morgan fingerprint density at radius 2 is 2.21 bits per heavy atom. The van der Waals surface area contributed by atoms with Gasteiger partial charge in [0.2, 0.25) is 0 Å². The van der Waals surface area contributed by atoms with Crippen LogP contribution in [-0.4, -0.2) is 35.9 Å². The van der Waals surface area contributed by atoms with E-state index in [0.717, 1.165) is 10.9 Å². The van der Waals surface area contributed by atoms with Crippen LogP contribution in [0.4, 0.5) is 0 Å². The van der Waals surface area contributed by atoms with Gasteiger partial charge in [0, 0.05) is 17.1 Å². The fourth-order valence-electron chi connectivity index (χ4n) is 2.01. The van der Waals surface area contributed by atoms with Crippen molar-refractivity contribution in [3.8, 4) is 0 Å². The van der Waals surface area contributed by atoms with Crippen LogP contribution in [-0.2, 0) is 13.6 Å². The third kappa shape index (κ3) is 2.05. The number of hydrogen-bond acceptors (Lipinski definition) is 4. The monoisotopic (exact) mass is 257 g/mol. The number of rotatable bonds is 3. The van der Waals surface area contributed by atoms with Gasteiger partial charge in [0.15, 0.2) is 5.82 Å². The Hall–Kier alpha value is -2.70. The fourth-order valence-corrected chi connectivity index (χ4v) is 2.01. The maximum Gasteiger partial charge on any atom is 0.335 e. The molecule has 19 heavy (non-hydrogen) atoms. The second kappa shape index (κ2) is 4.20. The number of aromatic carboxylic acids is 1. The van der Waals surface area contributed by atoms with Crippen LogP contribution in [0.1, 0.15) is 16.2 Å². The van der Waals surface area contributed by atoms with E-state index in [2.05, 4.69) is 15.4 Å². The van der Waals surface area contributed by atoms with Crippen molar-refractivity contribution in [3.05, 3.63) is 41.9 Å². The van der Waals surface area contributed by atoms with Gasteiger partial charge in [-0.2, -0.15) is 4.80 Å². The van der Waals surface area contributed by atoms with E-state index in [9.17, 15) is 4.79 Å². The lowest BCUT2D eigenvalue weighted by Gasteiger charge is -2.02. The molecule has 2 heterocycles. The molecule has 0 saturated carbocycles. The minimum Gasteiger partial charge on any atom is -0.478 e. The third-order valence-corrected chi connectivity index (χ3v) is 2.88. The van der Waals surface area contributed by atoms with Gasteiger partial charge < -0.3 is 9.67 Å². The molecule has 0 saturated heterocycles. The summed E-state index contributed by atoms with van der Waals surface area (Å²) in [6.07, 6.45) is 1.88. The normalized spacial score (nSPS) is 11.0. The lowest BCUT2D eigenvalue weighted by atomic mass is 10.1. The molecular weight excluding hydrogens is 246 g/mol. The van der Waals surface area contributed by atoms with Crippen LogP contribution in [0.15, 0.2) is 30.5 Å². The highest BCUT2D eigenvalue weighted by atomic mass is 16.4. The molecule has 3 aromatic rings. The minimum atomic E-state index is -0.926. The molecule has 1 aromatic carbocycles. The molecule has 0 radical (unpaired) electrons. The first kappa shape index (κ1) is 11.4. The number of benzene rings is 1. The van der Waals surface area contributed by atoms with Crippen LogP contribution in [0.5, 0.6) is 0 Å². The number of aryl methyl sites for hydroxylation is 1. The van der Waals surface area contributed by atoms with E-state index >= 15 is 0 Å². The van der Waals surface area contributed by atoms with Crippen molar-refractivity contribution in [1.82, 2.24) is 24.8 Å². The van der Waals surface area contributed by atoms with Gasteiger partial charge in [-0.3, -0.25) is 0 Å². The molecule has 0 unspecified atom stereocenters. The summed E-state index contributed by atoms with van der Waals surface area (Å²) in [6, 6.07) is 6.90. The molecule has 1 N–H and O–H groups in total. The molecule has 0 fully saturated rings. The Labute approximate surface area is 108 Å². The molecule has 0 aliphatic heterocycles. The van der Waals surface area contributed by atoms with Crippen LogP contribution in [0.3, 0.4) is 0 Å². The number of carboxylic acids is 1. The minimum absolute atomic E-state index is 0.280. The number of hydrogen-bond donors (Lipinski definition) is 1. The van der Waals surface area contributed by atoms with Gasteiger partial charge in [-0.05, 0) is 29.5 Å². The van der Waals surface area contributed by atoms with Crippen LogP contribution >= 0.6 is 0 Å². The molecule has 2 aromatic heterocycles. The number of carbonyl (C=O) groups is 1. The van der Waals surface area contributed by atoms with E-state index in [1.165, 1.54) is 4.80 Å². The number of tetrazole rings is 1. The van der Waals surface area contributed by atoms with Gasteiger partial charge in [0.25, 0.3) is 0 Å². The van der Waals surface area contributed by atoms with E-state index in [1.807, 2.05) is 16.8 Å². The quantitative estimate of drug-likeness (QED) is 0.753. The first-order chi connectivity index (χ1) is 9.13. The van der Waals surface area contributed by atoms with E-state index < -0.39 is 5.97 Å². The number of fused-ring (bicyclic) bond motifs is 1. The Morgan fingerprint density at radius 1 is 1.37 bits per heavy atom. The molecule has 7 nitrogen and oxygen atoms in total. The highest BCUT2D eigenvalue weighted by molar-refractivity contribution is 5.93. The van der Waals surface area contributed by atoms with Gasteiger partial charge >= 0.3 is 5.97 Å². The Bertz CT molecular complexity index is 758. The van der Waals surface area contributed by atoms with E-state index in [4.69, 9.17) is 5.11 Å². The summed E-state index contributed by atoms with van der Waals surface area (Å²) in [6.45, 7) is 0.504. The van der Waals surface area contributed by atoms with E-state index in [1.54, 1.807) is 25.2 Å². The SMILES string of the molecule is Cn1nnc(Cn2ccc3cc(C(=O)O)ccc32)n1. The van der Waals surface area contributed by atoms with Crippen molar-refractivity contribution in [2.75, 3.05) is 0 Å². The van der Waals surface area contributed by atoms with Crippen molar-refractivity contribution in [1.29, 1.82) is 0 Å². The Kier molecular flexibility index (Phi) is 2.52. The fraction of sp³-hybridized carbons (Fsp3) is 0.167. The summed E-state index contributed by atoms with van der Waals surface area (Å²) < 4.78 is 1.96. The number of aromatic nitrogens is 5. The predicted octanol–water partition coefficient (Wildman–Crippen LogP) is 0.911. The first-order valence-electron chi connectivity index (χ1n) is 5.68. The molecule has 0 amide bonds. The standard InChI is InChI=1S/C12H11N5O2/c1-16-14-11(13-15-16)7-17-5-4-8-6-9(12(18)19)2-3-10(8)17/h2-6H,7H2,1H3,(H,18,19). The highest BCUT2D eigenvalue weighted by Gasteiger charge is 2.08.